The van der Waals surface area contributed by atoms with E-state index in [1.807, 2.05) is 50.2 Å². The average molecular weight is 609 g/mol. The first-order valence-electron chi connectivity index (χ1n) is 11.5. The number of carbonyl (C=O) groups excluding carboxylic acids is 1. The van der Waals surface area contributed by atoms with E-state index in [4.69, 9.17) is 9.15 Å². The molecule has 10 heteroatoms. The number of rotatable bonds is 6. The second-order valence-corrected chi connectivity index (χ2v) is 8.05. The molecule has 1 aliphatic carbocycles. The van der Waals surface area contributed by atoms with Crippen LogP contribution in [0, 0.1) is 13.8 Å². The zero-order chi connectivity index (χ0) is 23.5. The van der Waals surface area contributed by atoms with Crippen LogP contribution in [0.5, 0.6) is 0 Å². The Labute approximate surface area is 236 Å². The fourth-order valence-electron chi connectivity index (χ4n) is 4.29. The summed E-state index contributed by atoms with van der Waals surface area (Å²) in [5, 5.41) is 5.28. The molecule has 0 amide bonds. The Bertz CT molecular complexity index is 1390. The van der Waals surface area contributed by atoms with Gasteiger partial charge in [0.15, 0.2) is 0 Å². The summed E-state index contributed by atoms with van der Waals surface area (Å²) < 4.78 is 11.8. The number of benzene rings is 3. The van der Waals surface area contributed by atoms with Gasteiger partial charge >= 0.3 is 27.0 Å². The summed E-state index contributed by atoms with van der Waals surface area (Å²) in [6.07, 6.45) is 0. The number of ether oxygens (including phenoxy) is 1. The molecule has 2 aromatic carbocycles. The molecular weight excluding hydrogens is 572 g/mol. The van der Waals surface area contributed by atoms with E-state index in [1.165, 1.54) is 0 Å². The summed E-state index contributed by atoms with van der Waals surface area (Å²) in [5.74, 6) is 0.408. The van der Waals surface area contributed by atoms with Crippen molar-refractivity contribution in [1.29, 1.82) is 0 Å². The van der Waals surface area contributed by atoms with Gasteiger partial charge in [-0.3, -0.25) is 4.99 Å². The summed E-state index contributed by atoms with van der Waals surface area (Å²) in [7, 11) is 0. The van der Waals surface area contributed by atoms with Crippen molar-refractivity contribution in [3.05, 3.63) is 70.6 Å². The third-order valence-electron chi connectivity index (χ3n) is 5.77. The predicted molar refractivity (Wildman–Crippen MR) is 145 cm³/mol. The van der Waals surface area contributed by atoms with Crippen LogP contribution < -0.4 is 10.7 Å². The molecule has 0 saturated heterocycles. The van der Waals surface area contributed by atoms with Gasteiger partial charge in [-0.25, -0.2) is 4.79 Å². The van der Waals surface area contributed by atoms with Crippen LogP contribution in [0.2, 0.25) is 0 Å². The minimum absolute atomic E-state index is 0. The second-order valence-electron chi connectivity index (χ2n) is 8.05. The van der Waals surface area contributed by atoms with Crippen molar-refractivity contribution in [2.45, 2.75) is 34.6 Å². The van der Waals surface area contributed by atoms with Crippen molar-refractivity contribution in [3.8, 4) is 22.5 Å². The van der Waals surface area contributed by atoms with E-state index in [0.29, 0.717) is 18.7 Å². The SMILES string of the molecule is CCN=c1cc2oc3cc(NCC)c(C)cc3c(-c3ccccc3C(=O)OCC)c-2cc1C.O.O.[Mo+2].[OH-].[OH-]. The Kier molecular flexibility index (Phi) is 15.6. The van der Waals surface area contributed by atoms with Gasteiger partial charge in [-0.1, -0.05) is 18.2 Å². The van der Waals surface area contributed by atoms with Crippen LogP contribution in [0.15, 0.2) is 57.9 Å². The van der Waals surface area contributed by atoms with Gasteiger partial charge in [-0.2, -0.15) is 0 Å². The van der Waals surface area contributed by atoms with E-state index in [-0.39, 0.29) is 48.9 Å². The molecule has 0 unspecified atom stereocenters. The molecule has 0 radical (unpaired) electrons. The number of hydrogen-bond acceptors (Lipinski definition) is 7. The van der Waals surface area contributed by atoms with Gasteiger partial charge in [-0.15, -0.1) is 0 Å². The van der Waals surface area contributed by atoms with Crippen LogP contribution in [0.3, 0.4) is 0 Å². The van der Waals surface area contributed by atoms with Crippen molar-refractivity contribution >= 4 is 22.6 Å². The smallest absolute Gasteiger partial charge is 0.870 e. The number of anilines is 1. The molecule has 4 rings (SSSR count). The third kappa shape index (κ3) is 7.07. The van der Waals surface area contributed by atoms with Gasteiger partial charge in [0.25, 0.3) is 0 Å². The summed E-state index contributed by atoms with van der Waals surface area (Å²) in [4.78, 5) is 17.5. The Morgan fingerprint density at radius 3 is 2.26 bits per heavy atom. The summed E-state index contributed by atoms with van der Waals surface area (Å²) in [6.45, 7) is 11.9. The molecule has 206 valence electrons. The van der Waals surface area contributed by atoms with Crippen LogP contribution in [0.25, 0.3) is 33.4 Å². The molecule has 7 N–H and O–H groups in total. The van der Waals surface area contributed by atoms with E-state index < -0.39 is 0 Å². The number of carbonyl (C=O) groups is 1. The molecule has 38 heavy (non-hydrogen) atoms. The van der Waals surface area contributed by atoms with E-state index in [1.54, 1.807) is 0 Å². The maximum Gasteiger partial charge on any atom is 2.00 e. The zero-order valence-electron chi connectivity index (χ0n) is 22.2. The zero-order valence-corrected chi connectivity index (χ0v) is 24.2. The van der Waals surface area contributed by atoms with E-state index in [9.17, 15) is 4.79 Å². The molecule has 0 atom stereocenters. The molecule has 2 aliphatic rings. The second kappa shape index (κ2) is 16.0. The number of fused-ring (bicyclic) bond motifs is 2. The normalized spacial score (nSPS) is 10.3. The largest absolute Gasteiger partial charge is 2.00 e. The van der Waals surface area contributed by atoms with Gasteiger partial charge in [-0.05, 0) is 69.5 Å². The molecule has 0 saturated carbocycles. The first-order chi connectivity index (χ1) is 16.0. The first-order valence-corrected chi connectivity index (χ1v) is 11.5. The van der Waals surface area contributed by atoms with Crippen molar-refractivity contribution in [3.63, 3.8) is 0 Å². The summed E-state index contributed by atoms with van der Waals surface area (Å²) in [6, 6.07) is 15.9. The van der Waals surface area contributed by atoms with E-state index >= 15 is 0 Å². The van der Waals surface area contributed by atoms with Crippen molar-refractivity contribution in [2.24, 2.45) is 4.99 Å². The topological polar surface area (TPSA) is 187 Å². The molecule has 9 nitrogen and oxygen atoms in total. The fourth-order valence-corrected chi connectivity index (χ4v) is 4.29. The van der Waals surface area contributed by atoms with E-state index in [0.717, 1.165) is 62.1 Å². The Hall–Kier alpha value is -3.07. The number of nitrogens with zero attached hydrogens (tertiary/aromatic N) is 1. The van der Waals surface area contributed by atoms with Crippen LogP contribution in [-0.4, -0.2) is 47.6 Å². The van der Waals surface area contributed by atoms with E-state index in [2.05, 4.69) is 43.2 Å². The van der Waals surface area contributed by atoms with Gasteiger partial charge < -0.3 is 36.4 Å². The Morgan fingerprint density at radius 2 is 1.63 bits per heavy atom. The van der Waals surface area contributed by atoms with Gasteiger partial charge in [0.1, 0.15) is 11.3 Å². The van der Waals surface area contributed by atoms with Crippen molar-refractivity contribution in [2.75, 3.05) is 25.0 Å². The summed E-state index contributed by atoms with van der Waals surface area (Å²) in [5.41, 5.74) is 7.25. The number of nitrogens with one attached hydrogen (secondary N) is 1. The fraction of sp³-hybridized carbons (Fsp3) is 0.286. The minimum Gasteiger partial charge on any atom is -0.870 e. The molecule has 0 aromatic heterocycles. The molecule has 0 bridgehead atoms. The number of hydrogen-bond donors (Lipinski definition) is 1. The maximum atomic E-state index is 12.9. The van der Waals surface area contributed by atoms with Crippen LogP contribution in [0.4, 0.5) is 5.69 Å². The number of aryl methyl sites for hydroxylation is 2. The molecule has 1 heterocycles. The van der Waals surface area contributed by atoms with Crippen molar-refractivity contribution < 1.29 is 56.9 Å². The quantitative estimate of drug-likeness (QED) is 0.192. The van der Waals surface area contributed by atoms with Crippen LogP contribution in [-0.2, 0) is 25.8 Å². The maximum absolute atomic E-state index is 12.9. The molecule has 2 aromatic rings. The Morgan fingerprint density at radius 1 is 0.947 bits per heavy atom. The molecule has 1 aliphatic heterocycles. The third-order valence-corrected chi connectivity index (χ3v) is 5.77. The van der Waals surface area contributed by atoms with Gasteiger partial charge in [0, 0.05) is 47.4 Å². The van der Waals surface area contributed by atoms with Crippen LogP contribution in [0.1, 0.15) is 42.3 Å². The summed E-state index contributed by atoms with van der Waals surface area (Å²) >= 11 is 0. The van der Waals surface area contributed by atoms with Crippen LogP contribution >= 0.6 is 0 Å². The molecule has 0 spiro atoms. The monoisotopic (exact) mass is 610 g/mol. The first kappa shape index (κ1) is 37.1. The molecular formula is C28H36MoN2O7. The van der Waals surface area contributed by atoms with Crippen molar-refractivity contribution in [1.82, 2.24) is 0 Å². The average Bonchev–Trinajstić information content (AvgIpc) is 2.80. The Balaban J connectivity index is 0. The molecule has 0 fully saturated rings. The van der Waals surface area contributed by atoms with Gasteiger partial charge in [0.2, 0.25) is 0 Å². The number of esters is 1. The predicted octanol–water partition coefficient (Wildman–Crippen LogP) is 4.35. The minimum atomic E-state index is -0.328. The van der Waals surface area contributed by atoms with Gasteiger partial charge in [0.05, 0.1) is 17.5 Å². The standard InChI is InChI=1S/C28H30N2O3.Mo.4H2O/c1-6-29-23-15-25-21(13-17(23)4)27(19-11-9-10-12-20(19)28(31)32-8-3)22-14-18(5)24(30-7-2)16-26(22)33-25;;;;;/h9-16,29H,6-8H2,1-5H3;;4*1H2/q;+2;;;;/p-2.